The second-order valence-corrected chi connectivity index (χ2v) is 4.47. The maximum absolute atomic E-state index is 12.3. The van der Waals surface area contributed by atoms with Gasteiger partial charge in [0.15, 0.2) is 0 Å². The number of hydrogen-bond donors (Lipinski definition) is 2. The van der Waals surface area contributed by atoms with Crippen molar-refractivity contribution in [2.45, 2.75) is 26.3 Å². The Balaban J connectivity index is 2.82. The Kier molecular flexibility index (Phi) is 6.73. The third-order valence-electron chi connectivity index (χ3n) is 3.18. The molecule has 20 heavy (non-hydrogen) atoms. The topological polar surface area (TPSA) is 69.6 Å². The van der Waals surface area contributed by atoms with Gasteiger partial charge in [0.25, 0.3) is 0 Å². The zero-order chi connectivity index (χ0) is 15.0. The fourth-order valence-corrected chi connectivity index (χ4v) is 2.14. The van der Waals surface area contributed by atoms with Crippen molar-refractivity contribution in [3.63, 3.8) is 0 Å². The average Bonchev–Trinajstić information content (AvgIpc) is 2.44. The van der Waals surface area contributed by atoms with Gasteiger partial charge in [0.2, 0.25) is 5.91 Å². The first-order chi connectivity index (χ1) is 9.60. The lowest BCUT2D eigenvalue weighted by atomic mass is 10.0. The van der Waals surface area contributed by atoms with E-state index in [1.54, 1.807) is 0 Å². The molecular weight excluding hydrogens is 256 g/mol. The van der Waals surface area contributed by atoms with Crippen molar-refractivity contribution >= 4 is 11.9 Å². The molecule has 1 amide bonds. The number of carbonyl (C=O) groups excluding carboxylic acids is 1. The van der Waals surface area contributed by atoms with E-state index in [0.29, 0.717) is 0 Å². The maximum Gasteiger partial charge on any atom is 0.305 e. The molecular formula is C15H22N2O3. The standard InChI is InChI=1S/C15H22N2O3/c1-3-17(4-2)14(12-8-6-5-7-9-12)15(20)16-11-10-13(18)19/h5-9,14H,3-4,10-11H2,1-2H3,(H,16,20)(H,18,19). The van der Waals surface area contributed by atoms with Crippen molar-refractivity contribution in [3.8, 4) is 0 Å². The Morgan fingerprint density at radius 2 is 1.80 bits per heavy atom. The molecule has 2 N–H and O–H groups in total. The highest BCUT2D eigenvalue weighted by Crippen LogP contribution is 2.20. The molecule has 5 nitrogen and oxygen atoms in total. The van der Waals surface area contributed by atoms with Crippen LogP contribution in [0, 0.1) is 0 Å². The van der Waals surface area contributed by atoms with Gasteiger partial charge in [-0.05, 0) is 18.7 Å². The predicted molar refractivity (Wildman–Crippen MR) is 77.4 cm³/mol. The molecule has 0 aliphatic heterocycles. The lowest BCUT2D eigenvalue weighted by Gasteiger charge is -2.29. The molecule has 1 atom stereocenters. The van der Waals surface area contributed by atoms with Crippen LogP contribution in [-0.2, 0) is 9.59 Å². The van der Waals surface area contributed by atoms with Crippen LogP contribution in [0.1, 0.15) is 31.9 Å². The van der Waals surface area contributed by atoms with E-state index in [0.717, 1.165) is 18.7 Å². The van der Waals surface area contributed by atoms with Crippen molar-refractivity contribution in [1.82, 2.24) is 10.2 Å². The lowest BCUT2D eigenvalue weighted by Crippen LogP contribution is -2.41. The number of amides is 1. The Hall–Kier alpha value is -1.88. The Morgan fingerprint density at radius 1 is 1.20 bits per heavy atom. The predicted octanol–water partition coefficient (Wildman–Crippen LogP) is 1.66. The molecule has 0 aliphatic carbocycles. The summed E-state index contributed by atoms with van der Waals surface area (Å²) in [5.41, 5.74) is 0.920. The van der Waals surface area contributed by atoms with Crippen LogP contribution in [0.3, 0.4) is 0 Å². The lowest BCUT2D eigenvalue weighted by molar-refractivity contribution is -0.137. The monoisotopic (exact) mass is 278 g/mol. The van der Waals surface area contributed by atoms with E-state index in [1.807, 2.05) is 49.1 Å². The number of rotatable bonds is 8. The largest absolute Gasteiger partial charge is 0.481 e. The molecule has 1 rings (SSSR count). The quantitative estimate of drug-likeness (QED) is 0.759. The third kappa shape index (κ3) is 4.66. The second-order valence-electron chi connectivity index (χ2n) is 4.47. The van der Waals surface area contributed by atoms with E-state index >= 15 is 0 Å². The van der Waals surface area contributed by atoms with E-state index in [-0.39, 0.29) is 24.9 Å². The maximum atomic E-state index is 12.3. The number of carboxylic acid groups (broad SMARTS) is 1. The van der Waals surface area contributed by atoms with Crippen molar-refractivity contribution in [2.24, 2.45) is 0 Å². The Bertz CT molecular complexity index is 430. The summed E-state index contributed by atoms with van der Waals surface area (Å²) in [5, 5.41) is 11.3. The van der Waals surface area contributed by atoms with Crippen molar-refractivity contribution in [3.05, 3.63) is 35.9 Å². The van der Waals surface area contributed by atoms with Crippen LogP contribution in [0.2, 0.25) is 0 Å². The first-order valence-electron chi connectivity index (χ1n) is 6.88. The molecule has 110 valence electrons. The molecule has 1 aromatic carbocycles. The van der Waals surface area contributed by atoms with Crippen LogP contribution in [0.25, 0.3) is 0 Å². The van der Waals surface area contributed by atoms with E-state index in [2.05, 4.69) is 5.32 Å². The average molecular weight is 278 g/mol. The SMILES string of the molecule is CCN(CC)C(C(=O)NCCC(=O)O)c1ccccc1. The number of likely N-dealkylation sites (N-methyl/N-ethyl adjacent to an activating group) is 1. The smallest absolute Gasteiger partial charge is 0.305 e. The number of carbonyl (C=O) groups is 2. The molecule has 1 unspecified atom stereocenters. The molecule has 0 fully saturated rings. The summed E-state index contributed by atoms with van der Waals surface area (Å²) < 4.78 is 0. The van der Waals surface area contributed by atoms with E-state index < -0.39 is 5.97 Å². The van der Waals surface area contributed by atoms with Gasteiger partial charge < -0.3 is 10.4 Å². The van der Waals surface area contributed by atoms with Gasteiger partial charge >= 0.3 is 5.97 Å². The van der Waals surface area contributed by atoms with Crippen molar-refractivity contribution in [2.75, 3.05) is 19.6 Å². The first kappa shape index (κ1) is 16.2. The summed E-state index contributed by atoms with van der Waals surface area (Å²) in [6, 6.07) is 9.16. The summed E-state index contributed by atoms with van der Waals surface area (Å²) in [7, 11) is 0. The number of nitrogens with one attached hydrogen (secondary N) is 1. The summed E-state index contributed by atoms with van der Waals surface area (Å²) in [4.78, 5) is 24.9. The van der Waals surface area contributed by atoms with Gasteiger partial charge in [0, 0.05) is 6.54 Å². The van der Waals surface area contributed by atoms with Crippen LogP contribution in [0.4, 0.5) is 0 Å². The normalized spacial score (nSPS) is 12.2. The summed E-state index contributed by atoms with van der Waals surface area (Å²) in [6.45, 7) is 5.66. The molecule has 1 aromatic rings. The molecule has 0 saturated carbocycles. The van der Waals surface area contributed by atoms with Crippen molar-refractivity contribution in [1.29, 1.82) is 0 Å². The minimum Gasteiger partial charge on any atom is -0.481 e. The Labute approximate surface area is 119 Å². The van der Waals surface area contributed by atoms with Gasteiger partial charge in [0.1, 0.15) is 6.04 Å². The molecule has 0 bridgehead atoms. The molecule has 0 saturated heterocycles. The van der Waals surface area contributed by atoms with Gasteiger partial charge in [-0.1, -0.05) is 44.2 Å². The highest BCUT2D eigenvalue weighted by molar-refractivity contribution is 5.83. The number of hydrogen-bond acceptors (Lipinski definition) is 3. The highest BCUT2D eigenvalue weighted by Gasteiger charge is 2.25. The van der Waals surface area contributed by atoms with Crippen LogP contribution in [0.5, 0.6) is 0 Å². The van der Waals surface area contributed by atoms with Crippen molar-refractivity contribution < 1.29 is 14.7 Å². The minimum absolute atomic E-state index is 0.0640. The fourth-order valence-electron chi connectivity index (χ4n) is 2.14. The zero-order valence-electron chi connectivity index (χ0n) is 12.0. The number of nitrogens with zero attached hydrogens (tertiary/aromatic N) is 1. The van der Waals surface area contributed by atoms with E-state index in [1.165, 1.54) is 0 Å². The molecule has 0 heterocycles. The number of carboxylic acids is 1. The molecule has 0 radical (unpaired) electrons. The zero-order valence-corrected chi connectivity index (χ0v) is 12.0. The van der Waals surface area contributed by atoms with E-state index in [4.69, 9.17) is 5.11 Å². The summed E-state index contributed by atoms with van der Waals surface area (Å²) >= 11 is 0. The number of benzene rings is 1. The van der Waals surface area contributed by atoms with Crippen LogP contribution < -0.4 is 5.32 Å². The van der Waals surface area contributed by atoms with Gasteiger partial charge in [-0.15, -0.1) is 0 Å². The third-order valence-corrected chi connectivity index (χ3v) is 3.18. The number of aliphatic carboxylic acids is 1. The molecule has 0 spiro atoms. The van der Waals surface area contributed by atoms with Gasteiger partial charge in [-0.2, -0.15) is 0 Å². The molecule has 0 aromatic heterocycles. The van der Waals surface area contributed by atoms with Crippen LogP contribution in [0.15, 0.2) is 30.3 Å². The molecule has 5 heteroatoms. The summed E-state index contributed by atoms with van der Waals surface area (Å²) in [5.74, 6) is -1.06. The van der Waals surface area contributed by atoms with Crippen LogP contribution in [-0.4, -0.2) is 41.5 Å². The highest BCUT2D eigenvalue weighted by atomic mass is 16.4. The van der Waals surface area contributed by atoms with E-state index in [9.17, 15) is 9.59 Å². The summed E-state index contributed by atoms with van der Waals surface area (Å²) in [6.07, 6.45) is -0.0640. The van der Waals surface area contributed by atoms with Gasteiger partial charge in [-0.3, -0.25) is 14.5 Å². The Morgan fingerprint density at radius 3 is 2.30 bits per heavy atom. The van der Waals surface area contributed by atoms with Gasteiger partial charge in [0.05, 0.1) is 6.42 Å². The van der Waals surface area contributed by atoms with Crippen LogP contribution >= 0.6 is 0 Å². The molecule has 0 aliphatic rings. The fraction of sp³-hybridized carbons (Fsp3) is 0.467. The first-order valence-corrected chi connectivity index (χ1v) is 6.88. The minimum atomic E-state index is -0.913. The second kappa shape index (κ2) is 8.32. The van der Waals surface area contributed by atoms with Gasteiger partial charge in [-0.25, -0.2) is 0 Å².